The van der Waals surface area contributed by atoms with Crippen LogP contribution in [0.5, 0.6) is 5.88 Å². The molecule has 2 atom stereocenters. The Labute approximate surface area is 184 Å². The first kappa shape index (κ1) is 23.6. The number of nitrogens with one attached hydrogen (secondary N) is 2. The molecule has 2 aromatic rings. The largest absolute Gasteiger partial charge is 0.467 e. The first-order chi connectivity index (χ1) is 13.5. The number of hydrogen-bond donors (Lipinski definition) is 2. The smallest absolute Gasteiger partial charge is 0.258 e. The quantitative estimate of drug-likeness (QED) is 0.685. The highest BCUT2D eigenvalue weighted by Gasteiger charge is 2.27. The number of halogens is 4. The first-order valence-corrected chi connectivity index (χ1v) is 9.57. The first-order valence-electron chi connectivity index (χ1n) is 8.82. The van der Waals surface area contributed by atoms with Gasteiger partial charge in [-0.2, -0.15) is 0 Å². The second kappa shape index (κ2) is 11.5. The van der Waals surface area contributed by atoms with Gasteiger partial charge >= 0.3 is 0 Å². The number of carbonyl (C=O) groups is 1. The number of rotatable bonds is 6. The molecule has 2 N–H and O–H groups in total. The van der Waals surface area contributed by atoms with Crippen molar-refractivity contribution < 1.29 is 18.7 Å². The lowest BCUT2D eigenvalue weighted by molar-refractivity contribution is -0.123. The summed E-state index contributed by atoms with van der Waals surface area (Å²) in [4.78, 5) is 16.1. The highest BCUT2D eigenvalue weighted by molar-refractivity contribution is 6.31. The molecule has 0 radical (unpaired) electrons. The van der Waals surface area contributed by atoms with E-state index in [9.17, 15) is 9.18 Å². The SMILES string of the molecule is Cl.O=C(COc1ncccc1Cl)NC[C@@H]1CNCCO[C@H]1c1ccc(Cl)c(F)c1. The molecule has 6 nitrogen and oxygen atoms in total. The zero-order valence-corrected chi connectivity index (χ0v) is 17.7. The molecule has 158 valence electrons. The lowest BCUT2D eigenvalue weighted by Gasteiger charge is -2.25. The molecule has 1 aromatic heterocycles. The van der Waals surface area contributed by atoms with Crippen molar-refractivity contribution in [2.75, 3.05) is 32.8 Å². The summed E-state index contributed by atoms with van der Waals surface area (Å²) < 4.78 is 25.1. The molecule has 1 aliphatic heterocycles. The lowest BCUT2D eigenvalue weighted by Crippen LogP contribution is -2.38. The molecule has 1 aliphatic rings. The van der Waals surface area contributed by atoms with Crippen LogP contribution in [0.25, 0.3) is 0 Å². The van der Waals surface area contributed by atoms with Crippen LogP contribution in [0.15, 0.2) is 36.5 Å². The van der Waals surface area contributed by atoms with Gasteiger partial charge in [-0.25, -0.2) is 9.37 Å². The molecule has 0 spiro atoms. The molecule has 1 fully saturated rings. The Hall–Kier alpha value is -1.64. The topological polar surface area (TPSA) is 72.5 Å². The summed E-state index contributed by atoms with van der Waals surface area (Å²) in [6, 6.07) is 7.93. The molecule has 1 aromatic carbocycles. The molecular formula is C19H21Cl3FN3O3. The standard InChI is InChI=1S/C19H20Cl2FN3O3.ClH/c20-14-4-3-12(8-16(14)22)18-13(9-23-6-7-27-18)10-25-17(26)11-28-19-15(21)2-1-5-24-19;/h1-5,8,13,18,23H,6-7,9-11H2,(H,25,26);1H/t13-,18-;/m0./s1. The van der Waals surface area contributed by atoms with E-state index in [2.05, 4.69) is 15.6 Å². The summed E-state index contributed by atoms with van der Waals surface area (Å²) >= 11 is 11.7. The summed E-state index contributed by atoms with van der Waals surface area (Å²) in [5.74, 6) is -0.700. The van der Waals surface area contributed by atoms with Crippen molar-refractivity contribution in [3.8, 4) is 5.88 Å². The van der Waals surface area contributed by atoms with Gasteiger partial charge in [0.1, 0.15) is 10.8 Å². The molecule has 0 bridgehead atoms. The number of ether oxygens (including phenoxy) is 2. The van der Waals surface area contributed by atoms with Crippen LogP contribution in [0.1, 0.15) is 11.7 Å². The van der Waals surface area contributed by atoms with Crippen LogP contribution in [-0.2, 0) is 9.53 Å². The predicted molar refractivity (Wildman–Crippen MR) is 111 cm³/mol. The second-order valence-electron chi connectivity index (χ2n) is 6.31. The average Bonchev–Trinajstić information content (AvgIpc) is 2.93. The van der Waals surface area contributed by atoms with Gasteiger partial charge in [0.25, 0.3) is 5.91 Å². The number of hydrogen-bond acceptors (Lipinski definition) is 5. The van der Waals surface area contributed by atoms with E-state index in [4.69, 9.17) is 32.7 Å². The minimum atomic E-state index is -0.497. The molecule has 3 rings (SSSR count). The van der Waals surface area contributed by atoms with Crippen molar-refractivity contribution >= 4 is 41.5 Å². The molecule has 10 heteroatoms. The Morgan fingerprint density at radius 1 is 1.34 bits per heavy atom. The number of pyridine rings is 1. The molecule has 0 unspecified atom stereocenters. The molecule has 29 heavy (non-hydrogen) atoms. The van der Waals surface area contributed by atoms with Gasteiger partial charge in [0.05, 0.1) is 17.7 Å². The Morgan fingerprint density at radius 2 is 2.17 bits per heavy atom. The highest BCUT2D eigenvalue weighted by atomic mass is 35.5. The number of amides is 1. The zero-order chi connectivity index (χ0) is 19.9. The minimum absolute atomic E-state index is 0. The molecule has 1 amide bonds. The maximum Gasteiger partial charge on any atom is 0.258 e. The van der Waals surface area contributed by atoms with E-state index >= 15 is 0 Å². The second-order valence-corrected chi connectivity index (χ2v) is 7.13. The van der Waals surface area contributed by atoms with Gasteiger partial charge in [-0.15, -0.1) is 12.4 Å². The van der Waals surface area contributed by atoms with E-state index < -0.39 is 5.82 Å². The third-order valence-corrected chi connectivity index (χ3v) is 4.90. The predicted octanol–water partition coefficient (Wildman–Crippen LogP) is 3.42. The van der Waals surface area contributed by atoms with E-state index in [1.807, 2.05) is 0 Å². The maximum atomic E-state index is 13.9. The van der Waals surface area contributed by atoms with Gasteiger partial charge in [0.15, 0.2) is 6.61 Å². The van der Waals surface area contributed by atoms with Crippen LogP contribution in [0.3, 0.4) is 0 Å². The van der Waals surface area contributed by atoms with E-state index in [0.29, 0.717) is 36.8 Å². The van der Waals surface area contributed by atoms with Gasteiger partial charge < -0.3 is 20.1 Å². The summed E-state index contributed by atoms with van der Waals surface area (Å²) in [5.41, 5.74) is 0.682. The summed E-state index contributed by atoms with van der Waals surface area (Å²) in [6.45, 7) is 1.90. The summed E-state index contributed by atoms with van der Waals surface area (Å²) in [5, 5.41) is 6.47. The number of carbonyl (C=O) groups excluding carboxylic acids is 1. The molecular weight excluding hydrogens is 444 g/mol. The normalized spacial score (nSPS) is 19.0. The van der Waals surface area contributed by atoms with Gasteiger partial charge in [0.2, 0.25) is 5.88 Å². The minimum Gasteiger partial charge on any atom is -0.467 e. The fraction of sp³-hybridized carbons (Fsp3) is 0.368. The Balaban J connectivity index is 0.00000300. The van der Waals surface area contributed by atoms with Crippen LogP contribution in [0, 0.1) is 11.7 Å². The van der Waals surface area contributed by atoms with Crippen molar-refractivity contribution in [2.45, 2.75) is 6.10 Å². The zero-order valence-electron chi connectivity index (χ0n) is 15.4. The van der Waals surface area contributed by atoms with E-state index in [1.165, 1.54) is 18.3 Å². The van der Waals surface area contributed by atoms with Crippen molar-refractivity contribution in [3.63, 3.8) is 0 Å². The monoisotopic (exact) mass is 463 g/mol. The van der Waals surface area contributed by atoms with Crippen LogP contribution < -0.4 is 15.4 Å². The van der Waals surface area contributed by atoms with Crippen LogP contribution in [0.2, 0.25) is 10.0 Å². The van der Waals surface area contributed by atoms with E-state index in [0.717, 1.165) is 0 Å². The van der Waals surface area contributed by atoms with Crippen molar-refractivity contribution in [2.24, 2.45) is 5.92 Å². The van der Waals surface area contributed by atoms with E-state index in [-0.39, 0.29) is 47.8 Å². The molecule has 0 aliphatic carbocycles. The average molecular weight is 465 g/mol. The highest BCUT2D eigenvalue weighted by Crippen LogP contribution is 2.29. The van der Waals surface area contributed by atoms with Gasteiger partial charge in [-0.05, 0) is 29.8 Å². The van der Waals surface area contributed by atoms with Crippen molar-refractivity contribution in [1.82, 2.24) is 15.6 Å². The van der Waals surface area contributed by atoms with Gasteiger partial charge in [-0.3, -0.25) is 4.79 Å². The Bertz CT molecular complexity index is 828. The third-order valence-electron chi connectivity index (χ3n) is 4.31. The Morgan fingerprint density at radius 3 is 2.93 bits per heavy atom. The third kappa shape index (κ3) is 6.69. The van der Waals surface area contributed by atoms with E-state index in [1.54, 1.807) is 18.2 Å². The van der Waals surface area contributed by atoms with Crippen LogP contribution >= 0.6 is 35.6 Å². The number of aromatic nitrogens is 1. The fourth-order valence-corrected chi connectivity index (χ4v) is 3.23. The van der Waals surface area contributed by atoms with Gasteiger partial charge in [0, 0.05) is 31.7 Å². The van der Waals surface area contributed by atoms with Crippen molar-refractivity contribution in [1.29, 1.82) is 0 Å². The lowest BCUT2D eigenvalue weighted by atomic mass is 9.95. The Kier molecular flexibility index (Phi) is 9.39. The molecule has 1 saturated heterocycles. The molecule has 0 saturated carbocycles. The summed E-state index contributed by atoms with van der Waals surface area (Å²) in [6.07, 6.45) is 1.16. The fourth-order valence-electron chi connectivity index (χ4n) is 2.93. The number of benzene rings is 1. The van der Waals surface area contributed by atoms with Gasteiger partial charge in [-0.1, -0.05) is 29.3 Å². The number of nitrogens with zero attached hydrogens (tertiary/aromatic N) is 1. The van der Waals surface area contributed by atoms with Crippen LogP contribution in [0.4, 0.5) is 4.39 Å². The summed E-state index contributed by atoms with van der Waals surface area (Å²) in [7, 11) is 0. The maximum absolute atomic E-state index is 13.9. The van der Waals surface area contributed by atoms with Crippen LogP contribution in [-0.4, -0.2) is 43.7 Å². The molecule has 2 heterocycles. The van der Waals surface area contributed by atoms with Crippen molar-refractivity contribution in [3.05, 3.63) is 58.0 Å².